The number of hydrogen-bond donors (Lipinski definition) is 1. The zero-order chi connectivity index (χ0) is 12.1. The fourth-order valence-electron chi connectivity index (χ4n) is 1.70. The molecule has 0 unspecified atom stereocenters. The molecule has 0 bridgehead atoms. The summed E-state index contributed by atoms with van der Waals surface area (Å²) >= 11 is 2.62. The van der Waals surface area contributed by atoms with E-state index >= 15 is 0 Å². The second-order valence-corrected chi connectivity index (χ2v) is 4.52. The Labute approximate surface area is 97.2 Å². The fraction of sp³-hybridized carbons (Fsp3) is 0.300. The molecule has 1 aliphatic carbocycles. The van der Waals surface area contributed by atoms with Crippen molar-refractivity contribution in [1.29, 1.82) is 0 Å². The van der Waals surface area contributed by atoms with Gasteiger partial charge in [-0.3, -0.25) is 4.79 Å². The van der Waals surface area contributed by atoms with E-state index in [0.29, 0.717) is 6.07 Å². The van der Waals surface area contributed by atoms with E-state index in [2.05, 4.69) is 15.9 Å². The average molecular weight is 295 g/mol. The van der Waals surface area contributed by atoms with Gasteiger partial charge in [-0.1, -0.05) is 0 Å². The number of rotatable bonds is 2. The highest BCUT2D eigenvalue weighted by atomic mass is 79.9. The molecule has 1 fully saturated rings. The lowest BCUT2D eigenvalue weighted by Crippen LogP contribution is -2.23. The number of carboxylic acids is 1. The summed E-state index contributed by atoms with van der Waals surface area (Å²) in [5.41, 5.74) is -2.09. The quantitative estimate of drug-likeness (QED) is 0.672. The molecule has 0 atom stereocenters. The van der Waals surface area contributed by atoms with Gasteiger partial charge in [0.15, 0.2) is 0 Å². The molecule has 0 aliphatic heterocycles. The molecule has 6 heteroatoms. The molecule has 0 radical (unpaired) electrons. The summed E-state index contributed by atoms with van der Waals surface area (Å²) in [6, 6.07) is 0.492. The van der Waals surface area contributed by atoms with E-state index in [9.17, 15) is 18.0 Å². The van der Waals surface area contributed by atoms with Crippen molar-refractivity contribution in [2.75, 3.05) is 0 Å². The highest BCUT2D eigenvalue weighted by Gasteiger charge is 2.55. The predicted molar refractivity (Wildman–Crippen MR) is 52.6 cm³/mol. The molecule has 0 heterocycles. The standard InChI is InChI=1S/C10H6BrF3O2/c11-7-5(13)3-4(12)6(8(7)14)10(1-2-10)9(15)16/h3H,1-2H2,(H,15,16). The van der Waals surface area contributed by atoms with Crippen LogP contribution < -0.4 is 0 Å². The van der Waals surface area contributed by atoms with E-state index < -0.39 is 38.9 Å². The Bertz CT molecular complexity index is 483. The van der Waals surface area contributed by atoms with Gasteiger partial charge >= 0.3 is 5.97 Å². The third kappa shape index (κ3) is 1.43. The smallest absolute Gasteiger partial charge is 0.314 e. The van der Waals surface area contributed by atoms with Crippen molar-refractivity contribution in [3.05, 3.63) is 33.6 Å². The van der Waals surface area contributed by atoms with Gasteiger partial charge < -0.3 is 5.11 Å². The molecule has 2 rings (SSSR count). The molecule has 1 aliphatic rings. The maximum Gasteiger partial charge on any atom is 0.314 e. The molecule has 1 aromatic carbocycles. The van der Waals surface area contributed by atoms with Crippen molar-refractivity contribution in [3.8, 4) is 0 Å². The van der Waals surface area contributed by atoms with Gasteiger partial charge in [0.25, 0.3) is 0 Å². The van der Waals surface area contributed by atoms with E-state index in [1.807, 2.05) is 0 Å². The second-order valence-electron chi connectivity index (χ2n) is 3.73. The minimum absolute atomic E-state index is 0.161. The van der Waals surface area contributed by atoms with Gasteiger partial charge in [-0.25, -0.2) is 13.2 Å². The summed E-state index contributed by atoms with van der Waals surface area (Å²) in [6.45, 7) is 0. The van der Waals surface area contributed by atoms with E-state index in [4.69, 9.17) is 5.11 Å². The molecule has 1 saturated carbocycles. The summed E-state index contributed by atoms with van der Waals surface area (Å²) in [4.78, 5) is 10.9. The first-order chi connectivity index (χ1) is 7.40. The number of hydrogen-bond acceptors (Lipinski definition) is 1. The van der Waals surface area contributed by atoms with Crippen LogP contribution in [0.15, 0.2) is 10.5 Å². The van der Waals surface area contributed by atoms with Crippen LogP contribution in [0, 0.1) is 17.5 Å². The molecule has 0 saturated heterocycles. The van der Waals surface area contributed by atoms with Gasteiger partial charge in [0, 0.05) is 11.6 Å². The minimum Gasteiger partial charge on any atom is -0.481 e. The fourth-order valence-corrected chi connectivity index (χ4v) is 2.01. The Morgan fingerprint density at radius 3 is 2.31 bits per heavy atom. The maximum atomic E-state index is 13.6. The molecule has 0 spiro atoms. The Hall–Kier alpha value is -1.04. The van der Waals surface area contributed by atoms with Crippen molar-refractivity contribution < 1.29 is 23.1 Å². The van der Waals surface area contributed by atoms with Crippen molar-refractivity contribution in [1.82, 2.24) is 0 Å². The predicted octanol–water partition coefficient (Wildman–Crippen LogP) is 2.98. The molecule has 0 aromatic heterocycles. The van der Waals surface area contributed by atoms with Crippen LogP contribution in [0.2, 0.25) is 0 Å². The third-order valence-electron chi connectivity index (χ3n) is 2.75. The molecular formula is C10H6BrF3O2. The maximum absolute atomic E-state index is 13.6. The average Bonchev–Trinajstić information content (AvgIpc) is 2.96. The van der Waals surface area contributed by atoms with Crippen LogP contribution in [0.3, 0.4) is 0 Å². The third-order valence-corrected chi connectivity index (χ3v) is 3.48. The Balaban J connectivity index is 2.67. The number of carbonyl (C=O) groups is 1. The van der Waals surface area contributed by atoms with Crippen LogP contribution >= 0.6 is 15.9 Å². The minimum atomic E-state index is -1.52. The lowest BCUT2D eigenvalue weighted by Gasteiger charge is -2.13. The second kappa shape index (κ2) is 3.48. The topological polar surface area (TPSA) is 37.3 Å². The molecule has 1 aromatic rings. The van der Waals surface area contributed by atoms with Crippen molar-refractivity contribution in [2.24, 2.45) is 0 Å². The summed E-state index contributed by atoms with van der Waals surface area (Å²) in [6.07, 6.45) is 0.322. The van der Waals surface area contributed by atoms with Gasteiger partial charge in [-0.05, 0) is 28.8 Å². The summed E-state index contributed by atoms with van der Waals surface area (Å²) in [5.74, 6) is -4.70. The van der Waals surface area contributed by atoms with Gasteiger partial charge in [0.1, 0.15) is 17.5 Å². The lowest BCUT2D eigenvalue weighted by molar-refractivity contribution is -0.140. The Morgan fingerprint density at radius 1 is 1.31 bits per heavy atom. The first kappa shape index (κ1) is 11.4. The normalized spacial score (nSPS) is 17.2. The van der Waals surface area contributed by atoms with Gasteiger partial charge in [0.05, 0.1) is 9.89 Å². The van der Waals surface area contributed by atoms with Crippen molar-refractivity contribution in [3.63, 3.8) is 0 Å². The molecule has 86 valence electrons. The lowest BCUT2D eigenvalue weighted by atomic mass is 9.95. The van der Waals surface area contributed by atoms with Crippen LogP contribution in [-0.2, 0) is 10.2 Å². The molecular weight excluding hydrogens is 289 g/mol. The van der Waals surface area contributed by atoms with Crippen LogP contribution in [0.25, 0.3) is 0 Å². The van der Waals surface area contributed by atoms with E-state index in [1.54, 1.807) is 0 Å². The zero-order valence-electron chi connectivity index (χ0n) is 7.86. The van der Waals surface area contributed by atoms with Crippen molar-refractivity contribution >= 4 is 21.9 Å². The van der Waals surface area contributed by atoms with Crippen LogP contribution in [0.4, 0.5) is 13.2 Å². The molecule has 0 amide bonds. The molecule has 16 heavy (non-hydrogen) atoms. The van der Waals surface area contributed by atoms with E-state index in [0.717, 1.165) is 0 Å². The van der Waals surface area contributed by atoms with Crippen molar-refractivity contribution in [2.45, 2.75) is 18.3 Å². The number of aliphatic carboxylic acids is 1. The summed E-state index contributed by atoms with van der Waals surface area (Å²) in [5, 5.41) is 8.92. The molecule has 2 nitrogen and oxygen atoms in total. The van der Waals surface area contributed by atoms with Crippen LogP contribution in [0.1, 0.15) is 18.4 Å². The van der Waals surface area contributed by atoms with E-state index in [1.165, 1.54) is 0 Å². The Kier molecular flexibility index (Phi) is 2.49. The summed E-state index contributed by atoms with van der Waals surface area (Å²) in [7, 11) is 0. The number of carboxylic acid groups (broad SMARTS) is 1. The highest BCUT2D eigenvalue weighted by molar-refractivity contribution is 9.10. The van der Waals surface area contributed by atoms with Gasteiger partial charge in [-0.2, -0.15) is 0 Å². The van der Waals surface area contributed by atoms with Gasteiger partial charge in [-0.15, -0.1) is 0 Å². The highest BCUT2D eigenvalue weighted by Crippen LogP contribution is 2.51. The van der Waals surface area contributed by atoms with Crippen LogP contribution in [0.5, 0.6) is 0 Å². The Morgan fingerprint density at radius 2 is 1.88 bits per heavy atom. The summed E-state index contributed by atoms with van der Waals surface area (Å²) < 4.78 is 39.5. The monoisotopic (exact) mass is 294 g/mol. The van der Waals surface area contributed by atoms with Crippen LogP contribution in [-0.4, -0.2) is 11.1 Å². The number of halogens is 4. The molecule has 1 N–H and O–H groups in total. The SMILES string of the molecule is O=C(O)C1(c2c(F)cc(F)c(Br)c2F)CC1. The van der Waals surface area contributed by atoms with E-state index in [-0.39, 0.29) is 12.8 Å². The van der Waals surface area contributed by atoms with Gasteiger partial charge in [0.2, 0.25) is 0 Å². The largest absolute Gasteiger partial charge is 0.481 e. The first-order valence-corrected chi connectivity index (χ1v) is 5.26. The number of benzene rings is 1. The zero-order valence-corrected chi connectivity index (χ0v) is 9.44. The first-order valence-electron chi connectivity index (χ1n) is 4.47.